The Bertz CT molecular complexity index is 1060. The Hall–Kier alpha value is -1.97. The Morgan fingerprint density at radius 1 is 1.30 bits per heavy atom. The molecule has 5 rings (SSSR count). The van der Waals surface area contributed by atoms with Crippen LogP contribution in [0.2, 0.25) is 5.02 Å². The van der Waals surface area contributed by atoms with Crippen LogP contribution in [0, 0.1) is 17.2 Å². The van der Waals surface area contributed by atoms with Gasteiger partial charge in [0.05, 0.1) is 28.4 Å². The van der Waals surface area contributed by atoms with Gasteiger partial charge in [-0.3, -0.25) is 10.2 Å². The number of nitrogens with one attached hydrogen (secondary N) is 2. The Labute approximate surface area is 180 Å². The number of nitrogens with zero attached hydrogens (tertiary/aromatic N) is 2. The van der Waals surface area contributed by atoms with E-state index < -0.39 is 21.7 Å². The van der Waals surface area contributed by atoms with E-state index in [4.69, 9.17) is 11.6 Å². The van der Waals surface area contributed by atoms with Crippen LogP contribution in [-0.4, -0.2) is 29.6 Å². The quantitative estimate of drug-likeness (QED) is 0.654. The van der Waals surface area contributed by atoms with E-state index in [2.05, 4.69) is 15.2 Å². The maximum absolute atomic E-state index is 14.5. The fourth-order valence-corrected chi connectivity index (χ4v) is 6.43. The van der Waals surface area contributed by atoms with Crippen molar-refractivity contribution in [3.05, 3.63) is 41.1 Å². The number of aryl methyl sites for hydroxylation is 1. The molecule has 0 unspecified atom stereocenters. The molecule has 7 nitrogen and oxygen atoms in total. The molecule has 0 atom stereocenters. The number of aromatic nitrogens is 2. The molecule has 3 saturated carbocycles. The molecule has 1 aromatic heterocycles. The van der Waals surface area contributed by atoms with Crippen molar-refractivity contribution in [3.63, 3.8) is 0 Å². The SMILES string of the molecule is Cn1cnc(-c2cc(Cl)c(F)c(C(=O)NNS(=O)(=O)CC34CCC(CC3)CC4)c2)c1. The maximum atomic E-state index is 14.5. The number of rotatable bonds is 6. The zero-order chi connectivity index (χ0) is 21.5. The van der Waals surface area contributed by atoms with E-state index in [1.807, 2.05) is 0 Å². The van der Waals surface area contributed by atoms with Gasteiger partial charge in [0, 0.05) is 18.8 Å². The van der Waals surface area contributed by atoms with Gasteiger partial charge in [0.1, 0.15) is 0 Å². The first-order valence-electron chi connectivity index (χ1n) is 9.94. The summed E-state index contributed by atoms with van der Waals surface area (Å²) in [4.78, 5) is 18.8. The van der Waals surface area contributed by atoms with Crippen molar-refractivity contribution < 1.29 is 17.6 Å². The summed E-state index contributed by atoms with van der Waals surface area (Å²) in [5.41, 5.74) is 2.52. The molecule has 1 heterocycles. The van der Waals surface area contributed by atoms with Gasteiger partial charge in [0.25, 0.3) is 5.91 Å². The van der Waals surface area contributed by atoms with Crippen LogP contribution in [0.15, 0.2) is 24.7 Å². The van der Waals surface area contributed by atoms with Gasteiger partial charge in [0.15, 0.2) is 5.82 Å². The average Bonchev–Trinajstić information content (AvgIpc) is 3.15. The molecule has 3 aliphatic carbocycles. The molecule has 30 heavy (non-hydrogen) atoms. The Morgan fingerprint density at radius 2 is 1.97 bits per heavy atom. The van der Waals surface area contributed by atoms with Crippen molar-refractivity contribution >= 4 is 27.5 Å². The molecule has 10 heteroatoms. The minimum Gasteiger partial charge on any atom is -0.340 e. The highest BCUT2D eigenvalue weighted by molar-refractivity contribution is 7.89. The van der Waals surface area contributed by atoms with Crippen LogP contribution in [0.5, 0.6) is 0 Å². The zero-order valence-electron chi connectivity index (χ0n) is 16.6. The van der Waals surface area contributed by atoms with Crippen LogP contribution in [0.1, 0.15) is 48.9 Å². The summed E-state index contributed by atoms with van der Waals surface area (Å²) in [5, 5.41) is -0.246. The predicted molar refractivity (Wildman–Crippen MR) is 112 cm³/mol. The molecule has 2 aromatic rings. The Kier molecular flexibility index (Phi) is 5.63. The summed E-state index contributed by atoms with van der Waals surface area (Å²) < 4.78 is 41.4. The lowest BCUT2D eigenvalue weighted by atomic mass is 9.62. The average molecular weight is 455 g/mol. The number of sulfonamides is 1. The van der Waals surface area contributed by atoms with Crippen molar-refractivity contribution in [1.82, 2.24) is 19.8 Å². The van der Waals surface area contributed by atoms with Crippen LogP contribution < -0.4 is 10.3 Å². The maximum Gasteiger partial charge on any atom is 0.269 e. The van der Waals surface area contributed by atoms with Gasteiger partial charge in [-0.2, -0.15) is 0 Å². The standard InChI is InChI=1S/C20H24ClFN4O3S/c1-26-10-17(23-12-26)14-8-15(18(22)16(21)9-14)19(27)24-25-30(28,29)11-20-5-2-13(3-6-20)4-7-20/h8-10,12-13,25H,2-7,11H2,1H3,(H,24,27). The zero-order valence-corrected chi connectivity index (χ0v) is 18.2. The highest BCUT2D eigenvalue weighted by Crippen LogP contribution is 2.50. The van der Waals surface area contributed by atoms with E-state index in [9.17, 15) is 17.6 Å². The summed E-state index contributed by atoms with van der Waals surface area (Å²) >= 11 is 5.95. The summed E-state index contributed by atoms with van der Waals surface area (Å²) in [7, 11) is -1.99. The van der Waals surface area contributed by atoms with Crippen LogP contribution in [-0.2, 0) is 17.1 Å². The molecule has 0 saturated heterocycles. The second-order valence-corrected chi connectivity index (χ2v) is 10.7. The topological polar surface area (TPSA) is 93.1 Å². The normalized spacial score (nSPS) is 23.5. The number of hydrogen-bond acceptors (Lipinski definition) is 4. The van der Waals surface area contributed by atoms with Crippen molar-refractivity contribution in [1.29, 1.82) is 0 Å². The monoisotopic (exact) mass is 454 g/mol. The third-order valence-electron chi connectivity index (χ3n) is 6.34. The van der Waals surface area contributed by atoms with Gasteiger partial charge in [0.2, 0.25) is 10.0 Å². The molecule has 0 spiro atoms. The predicted octanol–water partition coefficient (Wildman–Crippen LogP) is 3.41. The fraction of sp³-hybridized carbons (Fsp3) is 0.500. The molecular formula is C20H24ClFN4O3S. The highest BCUT2D eigenvalue weighted by Gasteiger charge is 2.43. The Balaban J connectivity index is 1.47. The first-order chi connectivity index (χ1) is 14.2. The van der Waals surface area contributed by atoms with Gasteiger partial charge in [-0.25, -0.2) is 17.8 Å². The van der Waals surface area contributed by atoms with Crippen LogP contribution >= 0.6 is 11.6 Å². The largest absolute Gasteiger partial charge is 0.340 e. The minimum atomic E-state index is -3.77. The third-order valence-corrected chi connectivity index (χ3v) is 8.02. The Morgan fingerprint density at radius 3 is 2.57 bits per heavy atom. The number of fused-ring (bicyclic) bond motifs is 3. The number of carbonyl (C=O) groups is 1. The number of hydrogen-bond donors (Lipinski definition) is 2. The number of hydrazine groups is 1. The van der Waals surface area contributed by atoms with E-state index in [1.54, 1.807) is 24.1 Å². The van der Waals surface area contributed by atoms with Gasteiger partial charge in [-0.15, -0.1) is 4.83 Å². The number of benzene rings is 1. The van der Waals surface area contributed by atoms with Crippen molar-refractivity contribution in [2.45, 2.75) is 38.5 Å². The van der Waals surface area contributed by atoms with Gasteiger partial charge < -0.3 is 4.57 Å². The second kappa shape index (κ2) is 7.94. The first kappa shape index (κ1) is 21.3. The fourth-order valence-electron chi connectivity index (χ4n) is 4.65. The van der Waals surface area contributed by atoms with E-state index in [-0.39, 0.29) is 21.8 Å². The van der Waals surface area contributed by atoms with Crippen molar-refractivity contribution in [2.75, 3.05) is 5.75 Å². The second-order valence-electron chi connectivity index (χ2n) is 8.54. The molecule has 2 N–H and O–H groups in total. The molecule has 1 aromatic carbocycles. The van der Waals surface area contributed by atoms with Crippen molar-refractivity contribution in [3.8, 4) is 11.3 Å². The lowest BCUT2D eigenvalue weighted by Gasteiger charge is -2.46. The van der Waals surface area contributed by atoms with E-state index in [0.29, 0.717) is 11.3 Å². The van der Waals surface area contributed by atoms with Crippen LogP contribution in [0.3, 0.4) is 0 Å². The molecule has 1 amide bonds. The lowest BCUT2D eigenvalue weighted by molar-refractivity contribution is 0.0852. The van der Waals surface area contributed by atoms with Crippen LogP contribution in [0.25, 0.3) is 11.3 Å². The molecule has 0 aliphatic heterocycles. The van der Waals surface area contributed by atoms with Crippen molar-refractivity contribution in [2.24, 2.45) is 18.4 Å². The first-order valence-corrected chi connectivity index (χ1v) is 12.0. The summed E-state index contributed by atoms with van der Waals surface area (Å²) in [6.45, 7) is 0. The minimum absolute atomic E-state index is 0.0375. The molecule has 3 fully saturated rings. The van der Waals surface area contributed by atoms with Gasteiger partial charge in [-0.05, 0) is 62.0 Å². The number of amides is 1. The molecule has 162 valence electrons. The molecule has 3 aliphatic rings. The summed E-state index contributed by atoms with van der Waals surface area (Å²) in [6.07, 6.45) is 9.13. The smallest absolute Gasteiger partial charge is 0.269 e. The van der Waals surface area contributed by atoms with Gasteiger partial charge >= 0.3 is 0 Å². The molecular weight excluding hydrogens is 431 g/mol. The summed E-state index contributed by atoms with van der Waals surface area (Å²) in [5.74, 6) is -1.15. The number of carbonyl (C=O) groups excluding carboxylic acids is 1. The van der Waals surface area contributed by atoms with E-state index in [0.717, 1.165) is 44.4 Å². The van der Waals surface area contributed by atoms with E-state index in [1.165, 1.54) is 12.1 Å². The highest BCUT2D eigenvalue weighted by atomic mass is 35.5. The lowest BCUT2D eigenvalue weighted by Crippen LogP contribution is -2.48. The number of imidazole rings is 1. The summed E-state index contributed by atoms with van der Waals surface area (Å²) in [6, 6.07) is 2.67. The van der Waals surface area contributed by atoms with Crippen LogP contribution in [0.4, 0.5) is 4.39 Å². The third kappa shape index (κ3) is 4.38. The molecule has 2 bridgehead atoms. The van der Waals surface area contributed by atoms with Gasteiger partial charge in [-0.1, -0.05) is 11.6 Å². The number of halogens is 2. The van der Waals surface area contributed by atoms with E-state index >= 15 is 0 Å². The molecule has 0 radical (unpaired) electrons.